The second-order valence-corrected chi connectivity index (χ2v) is 3.93. The van der Waals surface area contributed by atoms with Crippen molar-refractivity contribution >= 4 is 12.2 Å². The van der Waals surface area contributed by atoms with Gasteiger partial charge in [-0.15, -0.1) is 0 Å². The van der Waals surface area contributed by atoms with Crippen molar-refractivity contribution in [3.8, 4) is 0 Å². The van der Waals surface area contributed by atoms with Crippen molar-refractivity contribution < 1.29 is 14.7 Å². The number of benzene rings is 1. The molecule has 1 fully saturated rings. The van der Waals surface area contributed by atoms with E-state index in [1.54, 1.807) is 29.2 Å². The molecular formula is C12H13NO3. The molecule has 0 radical (unpaired) electrons. The van der Waals surface area contributed by atoms with Crippen molar-refractivity contribution in [2.45, 2.75) is 12.5 Å². The molecule has 1 aromatic carbocycles. The number of aliphatic hydroxyl groups excluding tert-OH is 1. The predicted molar refractivity (Wildman–Crippen MR) is 58.4 cm³/mol. The standard InChI is InChI=1S/C12H13NO3/c14-8-9-1-3-10(4-2-9)12(16)13-6-5-11(15)7-13/h1-4,8,11,15H,5-7H2/t11-/m1/s1. The number of amides is 1. The van der Waals surface area contributed by atoms with Crippen LogP contribution < -0.4 is 0 Å². The number of carbonyl (C=O) groups is 2. The summed E-state index contributed by atoms with van der Waals surface area (Å²) in [5.74, 6) is -0.0889. The van der Waals surface area contributed by atoms with E-state index in [0.717, 1.165) is 6.29 Å². The Hall–Kier alpha value is -1.68. The third kappa shape index (κ3) is 2.12. The van der Waals surface area contributed by atoms with Gasteiger partial charge < -0.3 is 10.0 Å². The van der Waals surface area contributed by atoms with E-state index in [9.17, 15) is 14.7 Å². The summed E-state index contributed by atoms with van der Waals surface area (Å²) in [5.41, 5.74) is 1.11. The Morgan fingerprint density at radius 1 is 1.38 bits per heavy atom. The first-order valence-electron chi connectivity index (χ1n) is 5.23. The van der Waals surface area contributed by atoms with E-state index in [1.165, 1.54) is 0 Å². The number of rotatable bonds is 2. The Balaban J connectivity index is 2.11. The molecule has 2 rings (SSSR count). The highest BCUT2D eigenvalue weighted by atomic mass is 16.3. The Morgan fingerprint density at radius 2 is 2.06 bits per heavy atom. The van der Waals surface area contributed by atoms with Gasteiger partial charge in [-0.2, -0.15) is 0 Å². The minimum atomic E-state index is -0.404. The molecule has 1 atom stereocenters. The van der Waals surface area contributed by atoms with Crippen LogP contribution in [0.4, 0.5) is 0 Å². The topological polar surface area (TPSA) is 57.6 Å². The fraction of sp³-hybridized carbons (Fsp3) is 0.333. The molecule has 1 N–H and O–H groups in total. The maximum Gasteiger partial charge on any atom is 0.253 e. The summed E-state index contributed by atoms with van der Waals surface area (Å²) in [6.07, 6.45) is 0.977. The lowest BCUT2D eigenvalue weighted by Crippen LogP contribution is -2.29. The van der Waals surface area contributed by atoms with Crippen molar-refractivity contribution in [2.75, 3.05) is 13.1 Å². The summed E-state index contributed by atoms with van der Waals surface area (Å²) in [6.45, 7) is 0.990. The lowest BCUT2D eigenvalue weighted by molar-refractivity contribution is 0.0764. The first kappa shape index (κ1) is 10.8. The molecule has 1 aliphatic heterocycles. The highest BCUT2D eigenvalue weighted by Crippen LogP contribution is 2.13. The summed E-state index contributed by atoms with van der Waals surface area (Å²) < 4.78 is 0. The number of hydrogen-bond acceptors (Lipinski definition) is 3. The number of nitrogens with zero attached hydrogens (tertiary/aromatic N) is 1. The van der Waals surface area contributed by atoms with Crippen molar-refractivity contribution in [1.82, 2.24) is 4.90 Å². The highest BCUT2D eigenvalue weighted by molar-refractivity contribution is 5.95. The van der Waals surface area contributed by atoms with Crippen LogP contribution in [0, 0.1) is 0 Å². The molecular weight excluding hydrogens is 206 g/mol. The van der Waals surface area contributed by atoms with E-state index in [1.807, 2.05) is 0 Å². The fourth-order valence-electron chi connectivity index (χ4n) is 1.81. The summed E-state index contributed by atoms with van der Waals surface area (Å²) >= 11 is 0. The molecule has 1 amide bonds. The van der Waals surface area contributed by atoms with Gasteiger partial charge in [-0.1, -0.05) is 12.1 Å². The molecule has 84 valence electrons. The number of aldehydes is 1. The van der Waals surface area contributed by atoms with Gasteiger partial charge >= 0.3 is 0 Å². The quantitative estimate of drug-likeness (QED) is 0.745. The SMILES string of the molecule is O=Cc1ccc(C(=O)N2CC[C@@H](O)C2)cc1. The largest absolute Gasteiger partial charge is 0.391 e. The van der Waals surface area contributed by atoms with E-state index < -0.39 is 6.10 Å². The monoisotopic (exact) mass is 219 g/mol. The summed E-state index contributed by atoms with van der Waals surface area (Å²) in [7, 11) is 0. The van der Waals surface area contributed by atoms with E-state index in [4.69, 9.17) is 0 Å². The normalized spacial score (nSPS) is 19.8. The maximum atomic E-state index is 11.9. The van der Waals surface area contributed by atoms with Gasteiger partial charge in [0.15, 0.2) is 0 Å². The van der Waals surface area contributed by atoms with Crippen LogP contribution in [0.15, 0.2) is 24.3 Å². The van der Waals surface area contributed by atoms with Gasteiger partial charge in [-0.3, -0.25) is 9.59 Å². The Kier molecular flexibility index (Phi) is 3.01. The maximum absolute atomic E-state index is 11.9. The number of β-amino-alcohol motifs (C(OH)–C–C–N with tert-alkyl or cyclic N) is 1. The van der Waals surface area contributed by atoms with Crippen LogP contribution in [0.3, 0.4) is 0 Å². The van der Waals surface area contributed by atoms with Crippen LogP contribution >= 0.6 is 0 Å². The number of carbonyl (C=O) groups excluding carboxylic acids is 2. The van der Waals surface area contributed by atoms with Gasteiger partial charge in [0.05, 0.1) is 6.10 Å². The van der Waals surface area contributed by atoms with Crippen molar-refractivity contribution in [3.63, 3.8) is 0 Å². The number of aliphatic hydroxyl groups is 1. The third-order valence-corrected chi connectivity index (χ3v) is 2.74. The lowest BCUT2D eigenvalue weighted by atomic mass is 10.1. The highest BCUT2D eigenvalue weighted by Gasteiger charge is 2.25. The van der Waals surface area contributed by atoms with Crippen LogP contribution in [0.5, 0.6) is 0 Å². The zero-order valence-corrected chi connectivity index (χ0v) is 8.80. The summed E-state index contributed by atoms with van der Waals surface area (Å²) in [6, 6.07) is 6.51. The number of likely N-dealkylation sites (tertiary alicyclic amines) is 1. The van der Waals surface area contributed by atoms with Crippen LogP contribution in [0.2, 0.25) is 0 Å². The molecule has 1 aromatic rings. The summed E-state index contributed by atoms with van der Waals surface area (Å²) in [4.78, 5) is 24.0. The van der Waals surface area contributed by atoms with Gasteiger partial charge in [0.1, 0.15) is 6.29 Å². The molecule has 0 aliphatic carbocycles. The van der Waals surface area contributed by atoms with Crippen LogP contribution in [-0.2, 0) is 0 Å². The predicted octanol–water partition coefficient (Wildman–Crippen LogP) is 0.706. The first-order valence-corrected chi connectivity index (χ1v) is 5.23. The van der Waals surface area contributed by atoms with Crippen LogP contribution in [-0.4, -0.2) is 41.4 Å². The van der Waals surface area contributed by atoms with E-state index in [0.29, 0.717) is 30.6 Å². The van der Waals surface area contributed by atoms with Gasteiger partial charge in [0, 0.05) is 24.2 Å². The minimum absolute atomic E-state index is 0.0889. The third-order valence-electron chi connectivity index (χ3n) is 2.74. The fourth-order valence-corrected chi connectivity index (χ4v) is 1.81. The Morgan fingerprint density at radius 3 is 2.56 bits per heavy atom. The minimum Gasteiger partial charge on any atom is -0.391 e. The van der Waals surface area contributed by atoms with E-state index in [-0.39, 0.29) is 5.91 Å². The van der Waals surface area contributed by atoms with Gasteiger partial charge in [0.25, 0.3) is 5.91 Å². The molecule has 0 aromatic heterocycles. The van der Waals surface area contributed by atoms with Crippen molar-refractivity contribution in [1.29, 1.82) is 0 Å². The average Bonchev–Trinajstić information content (AvgIpc) is 2.75. The van der Waals surface area contributed by atoms with Gasteiger partial charge in [-0.25, -0.2) is 0 Å². The molecule has 1 heterocycles. The molecule has 1 saturated heterocycles. The smallest absolute Gasteiger partial charge is 0.253 e. The lowest BCUT2D eigenvalue weighted by Gasteiger charge is -2.15. The van der Waals surface area contributed by atoms with Crippen LogP contribution in [0.25, 0.3) is 0 Å². The zero-order valence-electron chi connectivity index (χ0n) is 8.80. The summed E-state index contributed by atoms with van der Waals surface area (Å²) in [5, 5.41) is 9.34. The van der Waals surface area contributed by atoms with Gasteiger partial charge in [-0.05, 0) is 18.6 Å². The van der Waals surface area contributed by atoms with Crippen molar-refractivity contribution in [3.05, 3.63) is 35.4 Å². The second kappa shape index (κ2) is 4.45. The molecule has 0 bridgehead atoms. The average molecular weight is 219 g/mol. The Labute approximate surface area is 93.5 Å². The second-order valence-electron chi connectivity index (χ2n) is 3.93. The Bertz CT molecular complexity index is 399. The molecule has 16 heavy (non-hydrogen) atoms. The van der Waals surface area contributed by atoms with Gasteiger partial charge in [0.2, 0.25) is 0 Å². The first-order chi connectivity index (χ1) is 7.70. The molecule has 1 aliphatic rings. The molecule has 0 spiro atoms. The molecule has 4 nitrogen and oxygen atoms in total. The molecule has 0 saturated carbocycles. The van der Waals surface area contributed by atoms with Crippen LogP contribution in [0.1, 0.15) is 27.1 Å². The number of hydrogen-bond donors (Lipinski definition) is 1. The zero-order chi connectivity index (χ0) is 11.5. The van der Waals surface area contributed by atoms with E-state index >= 15 is 0 Å². The molecule has 0 unspecified atom stereocenters. The van der Waals surface area contributed by atoms with E-state index in [2.05, 4.69) is 0 Å². The van der Waals surface area contributed by atoms with Crippen molar-refractivity contribution in [2.24, 2.45) is 0 Å². The molecule has 4 heteroatoms.